The van der Waals surface area contributed by atoms with E-state index in [2.05, 4.69) is 5.32 Å². The number of nitrogens with one attached hydrogen (secondary N) is 1. The number of amides is 3. The minimum absolute atomic E-state index is 0.175. The first kappa shape index (κ1) is 26.9. The van der Waals surface area contributed by atoms with Gasteiger partial charge in [-0.1, -0.05) is 24.3 Å². The van der Waals surface area contributed by atoms with Crippen molar-refractivity contribution in [2.45, 2.75) is 89.9 Å². The number of carbonyl (C=O) groups excluding carboxylic acids is 3. The molecule has 1 saturated carbocycles. The van der Waals surface area contributed by atoms with Crippen molar-refractivity contribution >= 4 is 23.9 Å². The van der Waals surface area contributed by atoms with Gasteiger partial charge in [0, 0.05) is 19.5 Å². The molecule has 2 N–H and O–H groups in total. The van der Waals surface area contributed by atoms with E-state index in [1.807, 2.05) is 24.3 Å². The van der Waals surface area contributed by atoms with Crippen LogP contribution in [0.3, 0.4) is 0 Å². The van der Waals surface area contributed by atoms with Crippen molar-refractivity contribution < 1.29 is 29.0 Å². The average molecular weight is 514 g/mol. The highest BCUT2D eigenvalue weighted by Gasteiger charge is 2.43. The fourth-order valence-electron chi connectivity index (χ4n) is 5.73. The summed E-state index contributed by atoms with van der Waals surface area (Å²) in [5, 5.41) is 12.2. The number of likely N-dealkylation sites (tertiary alicyclic amines) is 1. The second kappa shape index (κ2) is 11.1. The highest BCUT2D eigenvalue weighted by atomic mass is 16.6. The Morgan fingerprint density at radius 3 is 2.30 bits per heavy atom. The number of aliphatic carboxylic acids is 1. The van der Waals surface area contributed by atoms with Gasteiger partial charge in [0.1, 0.15) is 17.7 Å². The zero-order chi connectivity index (χ0) is 26.7. The molecule has 9 nitrogen and oxygen atoms in total. The molecule has 202 valence electrons. The number of nitrogens with zero attached hydrogens (tertiary/aromatic N) is 2. The SMILES string of the molecule is CC(C)(C)OC(=O)N1Cc2ccccc2CC1C(=O)N1CCCC1C(=O)NCC1CCC(C(=O)O)CC1. The first-order valence-electron chi connectivity index (χ1n) is 13.4. The van der Waals surface area contributed by atoms with Crippen molar-refractivity contribution in [1.29, 1.82) is 0 Å². The first-order valence-corrected chi connectivity index (χ1v) is 13.4. The lowest BCUT2D eigenvalue weighted by atomic mass is 9.82. The van der Waals surface area contributed by atoms with E-state index in [0.29, 0.717) is 38.8 Å². The molecule has 2 fully saturated rings. The van der Waals surface area contributed by atoms with Crippen LogP contribution >= 0.6 is 0 Å². The van der Waals surface area contributed by atoms with Gasteiger partial charge < -0.3 is 20.1 Å². The molecular weight excluding hydrogens is 474 g/mol. The molecule has 37 heavy (non-hydrogen) atoms. The summed E-state index contributed by atoms with van der Waals surface area (Å²) in [5.74, 6) is -1.18. The molecule has 2 aliphatic heterocycles. The number of fused-ring (bicyclic) bond motifs is 1. The molecule has 0 bridgehead atoms. The molecule has 2 unspecified atom stereocenters. The van der Waals surface area contributed by atoms with E-state index in [1.54, 1.807) is 25.7 Å². The molecule has 3 amide bonds. The minimum atomic E-state index is -0.742. The Morgan fingerprint density at radius 2 is 1.65 bits per heavy atom. The zero-order valence-electron chi connectivity index (χ0n) is 22.1. The van der Waals surface area contributed by atoms with Crippen molar-refractivity contribution in [1.82, 2.24) is 15.1 Å². The molecule has 1 aromatic carbocycles. The fraction of sp³-hybridized carbons (Fsp3) is 0.643. The van der Waals surface area contributed by atoms with Crippen LogP contribution < -0.4 is 5.32 Å². The molecule has 1 aromatic rings. The highest BCUT2D eigenvalue weighted by molar-refractivity contribution is 5.92. The predicted molar refractivity (Wildman–Crippen MR) is 137 cm³/mol. The van der Waals surface area contributed by atoms with Gasteiger partial charge in [0.2, 0.25) is 11.8 Å². The standard InChI is InChI=1S/C28H39N3O6/c1-28(2,3)37-27(36)31-17-21-8-5-4-7-20(21)15-23(31)25(33)30-14-6-9-22(30)24(32)29-16-18-10-12-19(13-11-18)26(34)35/h4-5,7-8,18-19,22-23H,6,9-17H2,1-3H3,(H,29,32)(H,34,35). The Balaban J connectivity index is 1.43. The summed E-state index contributed by atoms with van der Waals surface area (Å²) < 4.78 is 5.64. The maximum absolute atomic E-state index is 13.9. The number of carboxylic acids is 1. The lowest BCUT2D eigenvalue weighted by Crippen LogP contribution is -2.57. The van der Waals surface area contributed by atoms with E-state index < -0.39 is 29.7 Å². The maximum Gasteiger partial charge on any atom is 0.411 e. The summed E-state index contributed by atoms with van der Waals surface area (Å²) in [6.45, 7) is 6.65. The van der Waals surface area contributed by atoms with Gasteiger partial charge in [0.25, 0.3) is 0 Å². The molecule has 2 heterocycles. The van der Waals surface area contributed by atoms with Crippen molar-refractivity contribution in [2.24, 2.45) is 11.8 Å². The monoisotopic (exact) mass is 513 g/mol. The molecule has 1 saturated heterocycles. The fourth-order valence-corrected chi connectivity index (χ4v) is 5.73. The molecule has 9 heteroatoms. The maximum atomic E-state index is 13.9. The molecule has 4 rings (SSSR count). The first-order chi connectivity index (χ1) is 17.5. The smallest absolute Gasteiger partial charge is 0.411 e. The Kier molecular flexibility index (Phi) is 8.09. The highest BCUT2D eigenvalue weighted by Crippen LogP contribution is 2.30. The third-order valence-electron chi connectivity index (χ3n) is 7.76. The van der Waals surface area contributed by atoms with Crippen LogP contribution in [0.5, 0.6) is 0 Å². The number of benzene rings is 1. The predicted octanol–water partition coefficient (Wildman–Crippen LogP) is 3.35. The molecule has 0 spiro atoms. The van der Waals surface area contributed by atoms with Gasteiger partial charge in [-0.15, -0.1) is 0 Å². The summed E-state index contributed by atoms with van der Waals surface area (Å²) in [7, 11) is 0. The summed E-state index contributed by atoms with van der Waals surface area (Å²) in [4.78, 5) is 54.5. The summed E-state index contributed by atoms with van der Waals surface area (Å²) >= 11 is 0. The van der Waals surface area contributed by atoms with Crippen LogP contribution in [0.15, 0.2) is 24.3 Å². The summed E-state index contributed by atoms with van der Waals surface area (Å²) in [6, 6.07) is 6.49. The van der Waals surface area contributed by atoms with Gasteiger partial charge in [0.05, 0.1) is 12.5 Å². The third kappa shape index (κ3) is 6.43. The largest absolute Gasteiger partial charge is 0.481 e. The van der Waals surface area contributed by atoms with E-state index in [4.69, 9.17) is 4.74 Å². The number of hydrogen-bond donors (Lipinski definition) is 2. The number of ether oxygens (including phenoxy) is 1. The van der Waals surface area contributed by atoms with E-state index in [1.165, 1.54) is 4.90 Å². The second-order valence-corrected chi connectivity index (χ2v) is 11.6. The third-order valence-corrected chi connectivity index (χ3v) is 7.76. The number of carbonyl (C=O) groups is 4. The normalized spacial score (nSPS) is 25.8. The van der Waals surface area contributed by atoms with E-state index in [0.717, 1.165) is 30.4 Å². The van der Waals surface area contributed by atoms with Crippen LogP contribution in [-0.4, -0.2) is 69.6 Å². The Labute approximate surface area is 218 Å². The topological polar surface area (TPSA) is 116 Å². The number of carboxylic acid groups (broad SMARTS) is 1. The molecule has 3 aliphatic rings. The van der Waals surface area contributed by atoms with Crippen molar-refractivity contribution in [3.8, 4) is 0 Å². The van der Waals surface area contributed by atoms with Crippen molar-refractivity contribution in [3.05, 3.63) is 35.4 Å². The van der Waals surface area contributed by atoms with Gasteiger partial charge in [-0.25, -0.2) is 4.79 Å². The van der Waals surface area contributed by atoms with Gasteiger partial charge >= 0.3 is 12.1 Å². The van der Waals surface area contributed by atoms with Gasteiger partial charge in [-0.2, -0.15) is 0 Å². The lowest BCUT2D eigenvalue weighted by Gasteiger charge is -2.39. The zero-order valence-corrected chi connectivity index (χ0v) is 22.1. The molecule has 0 aromatic heterocycles. The minimum Gasteiger partial charge on any atom is -0.481 e. The van der Waals surface area contributed by atoms with Crippen molar-refractivity contribution in [3.63, 3.8) is 0 Å². The van der Waals surface area contributed by atoms with Crippen molar-refractivity contribution in [2.75, 3.05) is 13.1 Å². The van der Waals surface area contributed by atoms with Crippen LogP contribution in [0.2, 0.25) is 0 Å². The van der Waals surface area contributed by atoms with E-state index in [-0.39, 0.29) is 30.2 Å². The second-order valence-electron chi connectivity index (χ2n) is 11.6. The van der Waals surface area contributed by atoms with Gasteiger partial charge in [0.15, 0.2) is 0 Å². The average Bonchev–Trinajstić information content (AvgIpc) is 3.35. The van der Waals surface area contributed by atoms with Crippen LogP contribution in [0, 0.1) is 11.8 Å². The van der Waals surface area contributed by atoms with Crippen LogP contribution in [0.4, 0.5) is 4.79 Å². The Morgan fingerprint density at radius 1 is 0.973 bits per heavy atom. The molecule has 2 atom stereocenters. The van der Waals surface area contributed by atoms with Gasteiger partial charge in [-0.3, -0.25) is 19.3 Å². The quantitative estimate of drug-likeness (QED) is 0.624. The van der Waals surface area contributed by atoms with Crippen LogP contribution in [0.1, 0.15) is 70.4 Å². The molecular formula is C28H39N3O6. The summed E-state index contributed by atoms with van der Waals surface area (Å²) in [6.07, 6.45) is 3.97. The Bertz CT molecular complexity index is 1030. The van der Waals surface area contributed by atoms with E-state index in [9.17, 15) is 24.3 Å². The molecule has 1 aliphatic carbocycles. The van der Waals surface area contributed by atoms with Crippen LogP contribution in [-0.2, 0) is 32.1 Å². The molecule has 0 radical (unpaired) electrons. The Hall–Kier alpha value is -3.10. The number of hydrogen-bond acceptors (Lipinski definition) is 5. The van der Waals surface area contributed by atoms with Crippen LogP contribution in [0.25, 0.3) is 0 Å². The lowest BCUT2D eigenvalue weighted by molar-refractivity contribution is -0.143. The number of rotatable bonds is 5. The van der Waals surface area contributed by atoms with Gasteiger partial charge in [-0.05, 0) is 76.3 Å². The van der Waals surface area contributed by atoms with E-state index >= 15 is 0 Å². The summed E-state index contributed by atoms with van der Waals surface area (Å²) in [5.41, 5.74) is 1.32.